The molecule has 0 atom stereocenters. The van der Waals surface area contributed by atoms with Crippen LogP contribution < -0.4 is 10.6 Å². The molecule has 5 rings (SSSR count). The lowest BCUT2D eigenvalue weighted by atomic mass is 10.1. The first-order chi connectivity index (χ1) is 17.9. The van der Waals surface area contributed by atoms with E-state index in [0.29, 0.717) is 0 Å². The normalized spacial score (nSPS) is 11.0. The largest absolute Gasteiger partial charge is 0.478 e. The first kappa shape index (κ1) is 25.2. The van der Waals surface area contributed by atoms with Gasteiger partial charge in [-0.1, -0.05) is 47.8 Å². The number of carboxylic acids is 1. The molecule has 2 amide bonds. The molecule has 0 bridgehead atoms. The van der Waals surface area contributed by atoms with E-state index in [1.54, 1.807) is 0 Å². The number of fused-ring (bicyclic) bond motifs is 2. The molecule has 0 spiro atoms. The standard InChI is InChI=1S/C25H18N4O4S4/c30-21(12-34-24-28-17-5-1-3-7-19(17)36-24)26-15-9-14(23(32)33)10-16(11-15)27-22(31)13-35-25-29-18-6-2-4-8-20(18)37-25/h1-11H,12-13H2,(H,26,30)(H,27,31)(H,32,33). The van der Waals surface area contributed by atoms with Crippen molar-refractivity contribution in [3.8, 4) is 0 Å². The van der Waals surface area contributed by atoms with Crippen molar-refractivity contribution in [1.82, 2.24) is 9.97 Å². The van der Waals surface area contributed by atoms with Crippen LogP contribution in [0, 0.1) is 0 Å². The predicted octanol–water partition coefficient (Wildman–Crippen LogP) is 6.07. The second-order valence-electron chi connectivity index (χ2n) is 7.67. The van der Waals surface area contributed by atoms with Gasteiger partial charge in [-0.25, -0.2) is 14.8 Å². The van der Waals surface area contributed by atoms with Gasteiger partial charge in [0.05, 0.1) is 37.5 Å². The second kappa shape index (κ2) is 11.3. The number of nitrogens with zero attached hydrogens (tertiary/aromatic N) is 2. The molecule has 0 saturated carbocycles. The van der Waals surface area contributed by atoms with Gasteiger partial charge in [-0.15, -0.1) is 22.7 Å². The van der Waals surface area contributed by atoms with Crippen LogP contribution in [-0.2, 0) is 9.59 Å². The fourth-order valence-electron chi connectivity index (χ4n) is 3.37. The molecular formula is C25H18N4O4S4. The third-order valence-corrected chi connectivity index (χ3v) is 9.31. The number of thioether (sulfide) groups is 2. The summed E-state index contributed by atoms with van der Waals surface area (Å²) in [5, 5.41) is 14.9. The number of carboxylic acid groups (broad SMARTS) is 1. The van der Waals surface area contributed by atoms with Crippen molar-refractivity contribution < 1.29 is 19.5 Å². The monoisotopic (exact) mass is 566 g/mol. The number of benzene rings is 3. The van der Waals surface area contributed by atoms with Crippen molar-refractivity contribution in [2.24, 2.45) is 0 Å². The number of thiazole rings is 2. The molecule has 2 aromatic heterocycles. The van der Waals surface area contributed by atoms with Gasteiger partial charge in [0.15, 0.2) is 8.68 Å². The minimum Gasteiger partial charge on any atom is -0.478 e. The zero-order chi connectivity index (χ0) is 25.8. The lowest BCUT2D eigenvalue weighted by Gasteiger charge is -2.10. The van der Waals surface area contributed by atoms with Crippen molar-refractivity contribution in [3.63, 3.8) is 0 Å². The number of carbonyl (C=O) groups is 3. The average molecular weight is 567 g/mol. The van der Waals surface area contributed by atoms with E-state index in [9.17, 15) is 19.5 Å². The van der Waals surface area contributed by atoms with E-state index in [0.717, 1.165) is 29.1 Å². The molecule has 186 valence electrons. The Kier molecular flexibility index (Phi) is 7.70. The zero-order valence-corrected chi connectivity index (χ0v) is 22.2. The Morgan fingerprint density at radius 2 is 1.19 bits per heavy atom. The molecule has 0 aliphatic heterocycles. The van der Waals surface area contributed by atoms with Gasteiger partial charge in [-0.05, 0) is 42.5 Å². The third-order valence-electron chi connectivity index (χ3n) is 4.95. The van der Waals surface area contributed by atoms with Gasteiger partial charge in [0.1, 0.15) is 0 Å². The zero-order valence-electron chi connectivity index (χ0n) is 19.0. The maximum atomic E-state index is 12.5. The van der Waals surface area contributed by atoms with E-state index in [4.69, 9.17) is 0 Å². The summed E-state index contributed by atoms with van der Waals surface area (Å²) in [7, 11) is 0. The molecule has 3 aromatic carbocycles. The van der Waals surface area contributed by atoms with Crippen molar-refractivity contribution in [2.45, 2.75) is 8.68 Å². The number of aromatic carboxylic acids is 1. The topological polar surface area (TPSA) is 121 Å². The van der Waals surface area contributed by atoms with E-state index < -0.39 is 5.97 Å². The van der Waals surface area contributed by atoms with Crippen molar-refractivity contribution in [2.75, 3.05) is 22.1 Å². The molecular weight excluding hydrogens is 549 g/mol. The predicted molar refractivity (Wildman–Crippen MR) is 151 cm³/mol. The lowest BCUT2D eigenvalue weighted by Crippen LogP contribution is -2.17. The second-order valence-corrected chi connectivity index (χ2v) is 12.2. The Bertz CT molecular complexity index is 1460. The third kappa shape index (κ3) is 6.46. The van der Waals surface area contributed by atoms with Crippen LogP contribution in [0.3, 0.4) is 0 Å². The van der Waals surface area contributed by atoms with Gasteiger partial charge in [0, 0.05) is 11.4 Å². The van der Waals surface area contributed by atoms with Crippen molar-refractivity contribution >= 4 is 95.8 Å². The summed E-state index contributed by atoms with van der Waals surface area (Å²) in [6.45, 7) is 0. The molecule has 3 N–H and O–H groups in total. The highest BCUT2D eigenvalue weighted by Gasteiger charge is 2.14. The minimum absolute atomic E-state index is 0.0502. The van der Waals surface area contributed by atoms with Gasteiger partial charge >= 0.3 is 5.97 Å². The quantitative estimate of drug-likeness (QED) is 0.184. The molecule has 12 heteroatoms. The number of hydrogen-bond acceptors (Lipinski definition) is 9. The Morgan fingerprint density at radius 3 is 1.62 bits per heavy atom. The molecule has 0 radical (unpaired) electrons. The highest BCUT2D eigenvalue weighted by Crippen LogP contribution is 2.31. The maximum Gasteiger partial charge on any atom is 0.335 e. The molecule has 5 aromatic rings. The number of nitrogens with one attached hydrogen (secondary N) is 2. The van der Waals surface area contributed by atoms with Crippen molar-refractivity contribution in [3.05, 3.63) is 72.3 Å². The summed E-state index contributed by atoms with van der Waals surface area (Å²) < 4.78 is 3.63. The van der Waals surface area contributed by atoms with Gasteiger partial charge in [0.2, 0.25) is 11.8 Å². The smallest absolute Gasteiger partial charge is 0.335 e. The lowest BCUT2D eigenvalue weighted by molar-refractivity contribution is -0.114. The number of carbonyl (C=O) groups excluding carboxylic acids is 2. The number of para-hydroxylation sites is 2. The summed E-state index contributed by atoms with van der Waals surface area (Å²) in [5.74, 6) is -1.57. The Morgan fingerprint density at radius 1 is 0.730 bits per heavy atom. The molecule has 0 fully saturated rings. The van der Waals surface area contributed by atoms with Crippen molar-refractivity contribution in [1.29, 1.82) is 0 Å². The Hall–Kier alpha value is -3.45. The first-order valence-electron chi connectivity index (χ1n) is 10.9. The fraction of sp³-hybridized carbons (Fsp3) is 0.0800. The van der Waals surface area contributed by atoms with Crippen LogP contribution in [-0.4, -0.2) is 44.4 Å². The number of anilines is 2. The molecule has 0 saturated heterocycles. The summed E-state index contributed by atoms with van der Waals surface area (Å²) in [6.07, 6.45) is 0. The number of aromatic nitrogens is 2. The van der Waals surface area contributed by atoms with Gasteiger partial charge in [-0.2, -0.15) is 0 Å². The summed E-state index contributed by atoms with van der Waals surface area (Å²) in [4.78, 5) is 45.7. The molecule has 2 heterocycles. The molecule has 37 heavy (non-hydrogen) atoms. The van der Waals surface area contributed by atoms with E-state index >= 15 is 0 Å². The first-order valence-corrected chi connectivity index (χ1v) is 14.5. The SMILES string of the molecule is O=C(CSc1nc2ccccc2s1)Nc1cc(NC(=O)CSc2nc3ccccc3s2)cc(C(=O)O)c1. The highest BCUT2D eigenvalue weighted by molar-refractivity contribution is 8.02. The van der Waals surface area contributed by atoms with E-state index in [2.05, 4.69) is 20.6 Å². The van der Waals surface area contributed by atoms with Crippen LogP contribution in [0.5, 0.6) is 0 Å². The molecule has 0 aliphatic rings. The van der Waals surface area contributed by atoms with Crippen LogP contribution >= 0.6 is 46.2 Å². The molecule has 0 aliphatic carbocycles. The van der Waals surface area contributed by atoms with E-state index in [1.807, 2.05) is 48.5 Å². The number of amides is 2. The molecule has 0 unspecified atom stereocenters. The van der Waals surface area contributed by atoms with Crippen LogP contribution in [0.25, 0.3) is 20.4 Å². The summed E-state index contributed by atoms with van der Waals surface area (Å²) in [5.41, 5.74) is 2.27. The Balaban J connectivity index is 1.20. The van der Waals surface area contributed by atoms with Crippen LogP contribution in [0.4, 0.5) is 11.4 Å². The minimum atomic E-state index is -1.17. The van der Waals surface area contributed by atoms with Crippen LogP contribution in [0.2, 0.25) is 0 Å². The van der Waals surface area contributed by atoms with E-state index in [1.165, 1.54) is 64.4 Å². The number of hydrogen-bond donors (Lipinski definition) is 3. The van der Waals surface area contributed by atoms with Gasteiger partial charge in [-0.3, -0.25) is 9.59 Å². The summed E-state index contributed by atoms with van der Waals surface area (Å²) >= 11 is 5.62. The molecule has 8 nitrogen and oxygen atoms in total. The van der Waals surface area contributed by atoms with Gasteiger partial charge < -0.3 is 15.7 Å². The van der Waals surface area contributed by atoms with E-state index in [-0.39, 0.29) is 40.3 Å². The van der Waals surface area contributed by atoms with Crippen LogP contribution in [0.15, 0.2) is 75.4 Å². The maximum absolute atomic E-state index is 12.5. The van der Waals surface area contributed by atoms with Crippen LogP contribution in [0.1, 0.15) is 10.4 Å². The van der Waals surface area contributed by atoms with Gasteiger partial charge in [0.25, 0.3) is 0 Å². The average Bonchev–Trinajstić information content (AvgIpc) is 3.49. The number of rotatable bonds is 9. The summed E-state index contributed by atoms with van der Waals surface area (Å²) in [6, 6.07) is 19.7. The fourth-order valence-corrected chi connectivity index (χ4v) is 7.11. The Labute approximate surface area is 227 Å². The highest BCUT2D eigenvalue weighted by atomic mass is 32.2.